The molecule has 2 nitrogen and oxygen atoms in total. The first-order valence-electron chi connectivity index (χ1n) is 7.86. The second-order valence-corrected chi connectivity index (χ2v) is 6.51. The summed E-state index contributed by atoms with van der Waals surface area (Å²) in [7, 11) is 0. The van der Waals surface area contributed by atoms with Crippen LogP contribution in [0.15, 0.2) is 0 Å². The molecule has 2 saturated carbocycles. The third kappa shape index (κ3) is 3.96. The minimum absolute atomic E-state index is 0.989. The van der Waals surface area contributed by atoms with E-state index in [1.807, 2.05) is 0 Å². The Kier molecular flexibility index (Phi) is 4.02. The Morgan fingerprint density at radius 3 is 2.29 bits per heavy atom. The molecule has 0 aromatic carbocycles. The van der Waals surface area contributed by atoms with E-state index in [1.165, 1.54) is 77.5 Å². The van der Waals surface area contributed by atoms with E-state index in [0.29, 0.717) is 0 Å². The van der Waals surface area contributed by atoms with Gasteiger partial charge in [-0.15, -0.1) is 0 Å². The van der Waals surface area contributed by atoms with Crippen molar-refractivity contribution in [3.05, 3.63) is 0 Å². The molecule has 0 unspecified atom stereocenters. The molecular weight excluding hydrogens is 208 g/mol. The summed E-state index contributed by atoms with van der Waals surface area (Å²) in [6, 6.07) is 0.989. The summed E-state index contributed by atoms with van der Waals surface area (Å²) < 4.78 is 0. The lowest BCUT2D eigenvalue weighted by atomic mass is 9.93. The van der Waals surface area contributed by atoms with Gasteiger partial charge in [-0.25, -0.2) is 0 Å². The van der Waals surface area contributed by atoms with Gasteiger partial charge in [-0.05, 0) is 82.8 Å². The van der Waals surface area contributed by atoms with Gasteiger partial charge in [-0.2, -0.15) is 0 Å². The summed E-state index contributed by atoms with van der Waals surface area (Å²) in [5, 5.41) is 3.47. The summed E-state index contributed by atoms with van der Waals surface area (Å²) in [6.45, 7) is 5.35. The van der Waals surface area contributed by atoms with Crippen LogP contribution in [0.1, 0.15) is 51.4 Å². The second kappa shape index (κ2) is 5.71. The molecule has 1 aliphatic heterocycles. The second-order valence-electron chi connectivity index (χ2n) is 6.51. The van der Waals surface area contributed by atoms with Crippen molar-refractivity contribution in [2.75, 3.05) is 26.2 Å². The van der Waals surface area contributed by atoms with E-state index in [2.05, 4.69) is 10.2 Å². The minimum Gasteiger partial charge on any atom is -0.317 e. The van der Waals surface area contributed by atoms with Gasteiger partial charge in [-0.1, -0.05) is 0 Å². The fourth-order valence-electron chi connectivity index (χ4n) is 3.25. The number of hydrogen-bond donors (Lipinski definition) is 1. The van der Waals surface area contributed by atoms with Gasteiger partial charge in [0.1, 0.15) is 0 Å². The van der Waals surface area contributed by atoms with Gasteiger partial charge in [-0.3, -0.25) is 0 Å². The highest BCUT2D eigenvalue weighted by Crippen LogP contribution is 2.35. The number of hydrogen-bond acceptors (Lipinski definition) is 2. The Balaban J connectivity index is 1.33. The molecule has 0 aromatic rings. The zero-order valence-electron chi connectivity index (χ0n) is 11.2. The lowest BCUT2D eigenvalue weighted by Crippen LogP contribution is -2.31. The molecule has 0 radical (unpaired) electrons. The highest BCUT2D eigenvalue weighted by Gasteiger charge is 2.33. The summed E-state index contributed by atoms with van der Waals surface area (Å²) in [5.74, 6) is 2.10. The van der Waals surface area contributed by atoms with Crippen molar-refractivity contribution in [1.82, 2.24) is 10.2 Å². The number of piperidine rings is 1. The minimum atomic E-state index is 0.989. The molecule has 17 heavy (non-hydrogen) atoms. The first-order chi connectivity index (χ1) is 8.42. The van der Waals surface area contributed by atoms with Crippen LogP contribution in [0.2, 0.25) is 0 Å². The van der Waals surface area contributed by atoms with E-state index in [0.717, 1.165) is 17.9 Å². The van der Waals surface area contributed by atoms with Crippen molar-refractivity contribution >= 4 is 0 Å². The van der Waals surface area contributed by atoms with E-state index in [4.69, 9.17) is 0 Å². The SMILES string of the molecule is C(CC1CCNCC1)CN(CC1CC1)C1CC1. The van der Waals surface area contributed by atoms with E-state index in [9.17, 15) is 0 Å². The first-order valence-corrected chi connectivity index (χ1v) is 7.86. The molecule has 0 spiro atoms. The number of rotatable bonds is 7. The highest BCUT2D eigenvalue weighted by molar-refractivity contribution is 4.88. The molecule has 1 heterocycles. The van der Waals surface area contributed by atoms with Crippen LogP contribution < -0.4 is 5.32 Å². The molecule has 98 valence electrons. The monoisotopic (exact) mass is 236 g/mol. The van der Waals surface area contributed by atoms with Crippen LogP contribution in [0.5, 0.6) is 0 Å². The molecule has 0 amide bonds. The Morgan fingerprint density at radius 1 is 0.882 bits per heavy atom. The molecule has 1 saturated heterocycles. The van der Waals surface area contributed by atoms with Gasteiger partial charge in [0.2, 0.25) is 0 Å². The summed E-state index contributed by atoms with van der Waals surface area (Å²) in [6.07, 6.45) is 11.8. The van der Waals surface area contributed by atoms with Crippen molar-refractivity contribution in [3.8, 4) is 0 Å². The van der Waals surface area contributed by atoms with Crippen LogP contribution in [-0.4, -0.2) is 37.1 Å². The van der Waals surface area contributed by atoms with E-state index >= 15 is 0 Å². The van der Waals surface area contributed by atoms with Crippen LogP contribution >= 0.6 is 0 Å². The predicted octanol–water partition coefficient (Wildman–Crippen LogP) is 2.64. The van der Waals surface area contributed by atoms with Crippen molar-refractivity contribution in [3.63, 3.8) is 0 Å². The fraction of sp³-hybridized carbons (Fsp3) is 1.00. The van der Waals surface area contributed by atoms with Crippen molar-refractivity contribution < 1.29 is 0 Å². The Hall–Kier alpha value is -0.0800. The Morgan fingerprint density at radius 2 is 1.65 bits per heavy atom. The third-order valence-electron chi connectivity index (χ3n) is 4.77. The average molecular weight is 236 g/mol. The number of nitrogens with zero attached hydrogens (tertiary/aromatic N) is 1. The van der Waals surface area contributed by atoms with Gasteiger partial charge in [0.05, 0.1) is 0 Å². The van der Waals surface area contributed by atoms with Gasteiger partial charge in [0, 0.05) is 12.6 Å². The maximum atomic E-state index is 3.47. The standard InChI is InChI=1S/C15H28N2/c1(2-13-7-9-16-10-8-13)11-17(15-5-6-15)12-14-3-4-14/h13-16H,1-12H2. The first kappa shape index (κ1) is 12.0. The van der Waals surface area contributed by atoms with Crippen molar-refractivity contribution in [2.45, 2.75) is 57.4 Å². The largest absolute Gasteiger partial charge is 0.317 e. The lowest BCUT2D eigenvalue weighted by molar-refractivity contribution is 0.234. The summed E-state index contributed by atoms with van der Waals surface area (Å²) >= 11 is 0. The molecule has 3 rings (SSSR count). The Labute approximate surface area is 106 Å². The zero-order chi connectivity index (χ0) is 11.5. The van der Waals surface area contributed by atoms with Crippen molar-refractivity contribution in [1.29, 1.82) is 0 Å². The molecule has 2 heteroatoms. The van der Waals surface area contributed by atoms with Gasteiger partial charge in [0.25, 0.3) is 0 Å². The molecule has 2 aliphatic carbocycles. The van der Waals surface area contributed by atoms with Gasteiger partial charge in [0.15, 0.2) is 0 Å². The molecular formula is C15H28N2. The summed E-state index contributed by atoms with van der Waals surface area (Å²) in [5.41, 5.74) is 0. The van der Waals surface area contributed by atoms with Crippen LogP contribution in [0.25, 0.3) is 0 Å². The lowest BCUT2D eigenvalue weighted by Gasteiger charge is -2.25. The Bertz CT molecular complexity index is 227. The van der Waals surface area contributed by atoms with E-state index in [1.54, 1.807) is 0 Å². The summed E-state index contributed by atoms with van der Waals surface area (Å²) in [4.78, 5) is 2.82. The van der Waals surface area contributed by atoms with Crippen LogP contribution in [0.3, 0.4) is 0 Å². The smallest absolute Gasteiger partial charge is 0.00965 e. The molecule has 3 fully saturated rings. The van der Waals surface area contributed by atoms with Crippen LogP contribution in [0.4, 0.5) is 0 Å². The molecule has 0 bridgehead atoms. The van der Waals surface area contributed by atoms with E-state index < -0.39 is 0 Å². The normalized spacial score (nSPS) is 26.6. The molecule has 1 N–H and O–H groups in total. The van der Waals surface area contributed by atoms with Gasteiger partial charge >= 0.3 is 0 Å². The van der Waals surface area contributed by atoms with Crippen LogP contribution in [0, 0.1) is 11.8 Å². The average Bonchev–Trinajstić information content (AvgIpc) is 3.23. The third-order valence-corrected chi connectivity index (χ3v) is 4.77. The highest BCUT2D eigenvalue weighted by atomic mass is 15.2. The molecule has 0 aromatic heterocycles. The quantitative estimate of drug-likeness (QED) is 0.731. The predicted molar refractivity (Wildman–Crippen MR) is 72.1 cm³/mol. The maximum absolute atomic E-state index is 3.47. The van der Waals surface area contributed by atoms with Gasteiger partial charge < -0.3 is 10.2 Å². The maximum Gasteiger partial charge on any atom is 0.00965 e. The van der Waals surface area contributed by atoms with Crippen LogP contribution in [-0.2, 0) is 0 Å². The van der Waals surface area contributed by atoms with E-state index in [-0.39, 0.29) is 0 Å². The fourth-order valence-corrected chi connectivity index (χ4v) is 3.25. The van der Waals surface area contributed by atoms with Crippen molar-refractivity contribution in [2.24, 2.45) is 11.8 Å². The topological polar surface area (TPSA) is 15.3 Å². The molecule has 3 aliphatic rings. The number of nitrogens with one attached hydrogen (secondary N) is 1. The zero-order valence-corrected chi connectivity index (χ0v) is 11.2. The molecule has 0 atom stereocenters.